The van der Waals surface area contributed by atoms with E-state index < -0.39 is 11.9 Å². The van der Waals surface area contributed by atoms with E-state index in [9.17, 15) is 9.59 Å². The van der Waals surface area contributed by atoms with Crippen LogP contribution in [-0.2, 0) is 19.1 Å². The van der Waals surface area contributed by atoms with Gasteiger partial charge in [-0.3, -0.25) is 0 Å². The van der Waals surface area contributed by atoms with E-state index in [0.29, 0.717) is 11.1 Å². The second-order valence-corrected chi connectivity index (χ2v) is 2.83. The third kappa shape index (κ3) is 7.45. The van der Waals surface area contributed by atoms with Gasteiger partial charge in [-0.05, 0) is 13.8 Å². The van der Waals surface area contributed by atoms with Gasteiger partial charge in [-0.2, -0.15) is 0 Å². The monoisotopic (exact) mass is 216 g/mol. The van der Waals surface area contributed by atoms with Crippen molar-refractivity contribution in [3.8, 4) is 0 Å². The summed E-state index contributed by atoms with van der Waals surface area (Å²) in [6.07, 6.45) is 0. The van der Waals surface area contributed by atoms with Crippen LogP contribution in [0.25, 0.3) is 0 Å². The van der Waals surface area contributed by atoms with E-state index >= 15 is 0 Å². The second kappa shape index (κ2) is 7.75. The third-order valence-corrected chi connectivity index (χ3v) is 1.25. The Labute approximate surface area is 88.7 Å². The van der Waals surface area contributed by atoms with Gasteiger partial charge in [0.25, 0.3) is 0 Å². The van der Waals surface area contributed by atoms with Gasteiger partial charge in [0.1, 0.15) is 13.2 Å². The maximum Gasteiger partial charge on any atom is 0.333 e. The highest BCUT2D eigenvalue weighted by atomic mass is 16.6. The van der Waals surface area contributed by atoms with E-state index in [-0.39, 0.29) is 18.7 Å². The van der Waals surface area contributed by atoms with Gasteiger partial charge in [-0.15, -0.1) is 0 Å². The number of hydrogen-bond donors (Lipinski definition) is 0. The fourth-order valence-electron chi connectivity index (χ4n) is 0.515. The van der Waals surface area contributed by atoms with Crippen LogP contribution < -0.4 is 0 Å². The molecule has 0 atom stereocenters. The molecule has 5 heteroatoms. The fourth-order valence-corrected chi connectivity index (χ4v) is 0.515. The zero-order chi connectivity index (χ0) is 11.1. The summed E-state index contributed by atoms with van der Waals surface area (Å²) in [7, 11) is 0. The zero-order valence-corrected chi connectivity index (χ0v) is 8.96. The molecule has 2 N–H and O–H groups in total. The average molecular weight is 216 g/mol. The molecule has 0 aliphatic carbocycles. The Hall–Kier alpha value is -1.62. The van der Waals surface area contributed by atoms with Gasteiger partial charge in [-0.25, -0.2) is 9.59 Å². The summed E-state index contributed by atoms with van der Waals surface area (Å²) in [5.41, 5.74) is 0.632. The first-order valence-corrected chi connectivity index (χ1v) is 4.10. The van der Waals surface area contributed by atoms with E-state index in [1.165, 1.54) is 0 Å². The van der Waals surface area contributed by atoms with Crippen LogP contribution in [0.5, 0.6) is 0 Å². The van der Waals surface area contributed by atoms with Crippen molar-refractivity contribution < 1.29 is 24.5 Å². The van der Waals surface area contributed by atoms with Gasteiger partial charge in [0, 0.05) is 11.1 Å². The van der Waals surface area contributed by atoms with Gasteiger partial charge >= 0.3 is 11.9 Å². The lowest BCUT2D eigenvalue weighted by Crippen LogP contribution is -2.14. The third-order valence-electron chi connectivity index (χ3n) is 1.25. The molecule has 0 radical (unpaired) electrons. The molecule has 0 fully saturated rings. The Morgan fingerprint density at radius 2 is 1.20 bits per heavy atom. The Bertz CT molecular complexity index is 239. The summed E-state index contributed by atoms with van der Waals surface area (Å²) in [6.45, 7) is 9.95. The highest BCUT2D eigenvalue weighted by Gasteiger charge is 2.05. The number of ether oxygens (including phenoxy) is 2. The molecule has 0 saturated heterocycles. The van der Waals surface area contributed by atoms with Crippen LogP contribution in [0.4, 0.5) is 0 Å². The largest absolute Gasteiger partial charge is 0.459 e. The highest BCUT2D eigenvalue weighted by molar-refractivity contribution is 5.87. The zero-order valence-electron chi connectivity index (χ0n) is 8.96. The first-order valence-electron chi connectivity index (χ1n) is 4.10. The van der Waals surface area contributed by atoms with E-state index in [1.807, 2.05) is 0 Å². The lowest BCUT2D eigenvalue weighted by Gasteiger charge is -2.05. The van der Waals surface area contributed by atoms with Crippen molar-refractivity contribution in [3.63, 3.8) is 0 Å². The molecule has 0 bridgehead atoms. The van der Waals surface area contributed by atoms with Crippen LogP contribution in [0, 0.1) is 0 Å². The number of hydrogen-bond acceptors (Lipinski definition) is 4. The van der Waals surface area contributed by atoms with Crippen LogP contribution in [0.1, 0.15) is 13.8 Å². The normalized spacial score (nSPS) is 8.40. The summed E-state index contributed by atoms with van der Waals surface area (Å²) in [5, 5.41) is 0. The average Bonchev–Trinajstić information content (AvgIpc) is 2.11. The van der Waals surface area contributed by atoms with Crippen molar-refractivity contribution in [2.75, 3.05) is 13.2 Å². The molecule has 0 spiro atoms. The molecule has 5 nitrogen and oxygen atoms in total. The lowest BCUT2D eigenvalue weighted by molar-refractivity contribution is -0.147. The summed E-state index contributed by atoms with van der Waals surface area (Å²) >= 11 is 0. The van der Waals surface area contributed by atoms with Gasteiger partial charge in [0.2, 0.25) is 0 Å². The molecule has 0 aromatic rings. The predicted octanol–water partition coefficient (Wildman–Crippen LogP) is 0.400. The van der Waals surface area contributed by atoms with Gasteiger partial charge < -0.3 is 14.9 Å². The minimum absolute atomic E-state index is 0. The minimum atomic E-state index is -0.489. The van der Waals surface area contributed by atoms with Crippen LogP contribution in [0.2, 0.25) is 0 Å². The van der Waals surface area contributed by atoms with Crippen molar-refractivity contribution in [1.29, 1.82) is 0 Å². The number of esters is 2. The van der Waals surface area contributed by atoms with Crippen molar-refractivity contribution in [1.82, 2.24) is 0 Å². The van der Waals surface area contributed by atoms with Crippen molar-refractivity contribution in [3.05, 3.63) is 24.3 Å². The Morgan fingerprint density at radius 3 is 1.40 bits per heavy atom. The topological polar surface area (TPSA) is 84.1 Å². The van der Waals surface area contributed by atoms with Crippen LogP contribution >= 0.6 is 0 Å². The molecule has 0 saturated carbocycles. The molecular formula is C10H16O5. The van der Waals surface area contributed by atoms with Crippen LogP contribution in [0.15, 0.2) is 24.3 Å². The van der Waals surface area contributed by atoms with Crippen molar-refractivity contribution in [2.24, 2.45) is 0 Å². The molecule has 0 aliphatic rings. The standard InChI is InChI=1S/C10H14O4.H2O/c1-7(2)9(11)13-5-6-14-10(12)8(3)4;/h1,3,5-6H2,2,4H3;1H2. The second-order valence-electron chi connectivity index (χ2n) is 2.83. The van der Waals surface area contributed by atoms with Crippen molar-refractivity contribution >= 4 is 11.9 Å². The molecule has 15 heavy (non-hydrogen) atoms. The van der Waals surface area contributed by atoms with Gasteiger partial charge in [-0.1, -0.05) is 13.2 Å². The van der Waals surface area contributed by atoms with Gasteiger partial charge in [0.05, 0.1) is 0 Å². The van der Waals surface area contributed by atoms with Crippen LogP contribution in [0.3, 0.4) is 0 Å². The maximum absolute atomic E-state index is 10.8. The smallest absolute Gasteiger partial charge is 0.333 e. The molecular weight excluding hydrogens is 200 g/mol. The molecule has 0 unspecified atom stereocenters. The molecule has 0 aromatic carbocycles. The maximum atomic E-state index is 10.8. The Morgan fingerprint density at radius 1 is 0.933 bits per heavy atom. The number of carbonyl (C=O) groups is 2. The highest BCUT2D eigenvalue weighted by Crippen LogP contribution is 1.94. The number of carbonyl (C=O) groups excluding carboxylic acids is 2. The van der Waals surface area contributed by atoms with E-state index in [0.717, 1.165) is 0 Å². The van der Waals surface area contributed by atoms with E-state index in [1.54, 1.807) is 13.8 Å². The SMILES string of the molecule is C=C(C)C(=O)OCCOC(=O)C(=C)C.O. The Balaban J connectivity index is 0. The predicted molar refractivity (Wildman–Crippen MR) is 55.2 cm³/mol. The summed E-state index contributed by atoms with van der Waals surface area (Å²) in [4.78, 5) is 21.7. The number of rotatable bonds is 5. The first-order chi connectivity index (χ1) is 6.45. The molecule has 0 aliphatic heterocycles. The van der Waals surface area contributed by atoms with E-state index in [4.69, 9.17) is 0 Å². The quantitative estimate of drug-likeness (QED) is 0.378. The minimum Gasteiger partial charge on any atom is -0.459 e. The fraction of sp³-hybridized carbons (Fsp3) is 0.400. The molecule has 0 aromatic heterocycles. The molecule has 0 amide bonds. The Kier molecular flexibility index (Phi) is 8.18. The summed E-state index contributed by atoms with van der Waals surface area (Å²) in [5.74, 6) is -0.979. The summed E-state index contributed by atoms with van der Waals surface area (Å²) < 4.78 is 9.38. The molecule has 86 valence electrons. The molecule has 0 heterocycles. The lowest BCUT2D eigenvalue weighted by atomic mass is 10.4. The van der Waals surface area contributed by atoms with Crippen molar-refractivity contribution in [2.45, 2.75) is 13.8 Å². The summed E-state index contributed by atoms with van der Waals surface area (Å²) in [6, 6.07) is 0. The van der Waals surface area contributed by atoms with E-state index in [2.05, 4.69) is 22.6 Å². The van der Waals surface area contributed by atoms with Crippen LogP contribution in [-0.4, -0.2) is 30.6 Å². The van der Waals surface area contributed by atoms with Gasteiger partial charge in [0.15, 0.2) is 0 Å². The molecule has 0 rings (SSSR count). The first kappa shape index (κ1) is 15.8.